The Morgan fingerprint density at radius 2 is 1.41 bits per heavy atom. The number of carbonyl (C=O) groups is 2. The second kappa shape index (κ2) is 15.4. The van der Waals surface area contributed by atoms with Gasteiger partial charge in [-0.15, -0.1) is 0 Å². The predicted octanol–water partition coefficient (Wildman–Crippen LogP) is 5.71. The maximum absolute atomic E-state index is 14.4. The molecule has 4 aromatic carbocycles. The van der Waals surface area contributed by atoms with Crippen molar-refractivity contribution in [2.24, 2.45) is 0 Å². The lowest BCUT2D eigenvalue weighted by Gasteiger charge is -2.33. The number of rotatable bonds is 14. The molecule has 1 N–H and O–H groups in total. The first-order valence-corrected chi connectivity index (χ1v) is 16.2. The SMILES string of the molecule is CCNC(=O)C(Cc1ccccc1)N(Cc1ccccc1)C(=O)CN(c1ccc(OCC)cc1)S(=O)(=O)c1ccc(Cl)cc1. The van der Waals surface area contributed by atoms with E-state index in [2.05, 4.69) is 5.32 Å². The quantitative estimate of drug-likeness (QED) is 0.192. The highest BCUT2D eigenvalue weighted by molar-refractivity contribution is 7.92. The number of halogens is 1. The molecular weight excluding hydrogens is 598 g/mol. The Balaban J connectivity index is 1.78. The third kappa shape index (κ3) is 8.39. The van der Waals surface area contributed by atoms with Gasteiger partial charge in [0, 0.05) is 24.5 Å². The highest BCUT2D eigenvalue weighted by Gasteiger charge is 2.34. The number of hydrogen-bond donors (Lipinski definition) is 1. The first-order valence-electron chi connectivity index (χ1n) is 14.4. The van der Waals surface area contributed by atoms with Crippen molar-refractivity contribution in [3.8, 4) is 5.75 Å². The number of sulfonamides is 1. The molecule has 4 rings (SSSR count). The van der Waals surface area contributed by atoms with Crippen LogP contribution < -0.4 is 14.4 Å². The molecule has 4 aromatic rings. The van der Waals surface area contributed by atoms with E-state index in [-0.39, 0.29) is 29.5 Å². The summed E-state index contributed by atoms with van der Waals surface area (Å²) in [7, 11) is -4.23. The lowest BCUT2D eigenvalue weighted by atomic mass is 10.0. The summed E-state index contributed by atoms with van der Waals surface area (Å²) in [5.74, 6) is -0.294. The number of nitrogens with zero attached hydrogens (tertiary/aromatic N) is 2. The van der Waals surface area contributed by atoms with Crippen molar-refractivity contribution in [2.75, 3.05) is 24.0 Å². The molecule has 0 aromatic heterocycles. The van der Waals surface area contributed by atoms with Gasteiger partial charge >= 0.3 is 0 Å². The van der Waals surface area contributed by atoms with Crippen molar-refractivity contribution in [3.05, 3.63) is 125 Å². The van der Waals surface area contributed by atoms with Crippen LogP contribution >= 0.6 is 11.6 Å². The molecule has 230 valence electrons. The van der Waals surface area contributed by atoms with Gasteiger partial charge in [0.1, 0.15) is 18.3 Å². The van der Waals surface area contributed by atoms with Gasteiger partial charge < -0.3 is 15.0 Å². The molecule has 10 heteroatoms. The number of hydrogen-bond acceptors (Lipinski definition) is 5. The molecule has 0 saturated heterocycles. The molecule has 44 heavy (non-hydrogen) atoms. The predicted molar refractivity (Wildman–Crippen MR) is 173 cm³/mol. The summed E-state index contributed by atoms with van der Waals surface area (Å²) in [5, 5.41) is 3.24. The third-order valence-electron chi connectivity index (χ3n) is 6.93. The molecule has 1 unspecified atom stereocenters. The van der Waals surface area contributed by atoms with E-state index in [9.17, 15) is 18.0 Å². The van der Waals surface area contributed by atoms with Crippen LogP contribution in [0.25, 0.3) is 0 Å². The Morgan fingerprint density at radius 3 is 1.98 bits per heavy atom. The Labute approximate surface area is 264 Å². The highest BCUT2D eigenvalue weighted by atomic mass is 35.5. The summed E-state index contributed by atoms with van der Waals surface area (Å²) < 4.78 is 34.7. The largest absolute Gasteiger partial charge is 0.494 e. The van der Waals surface area contributed by atoms with Gasteiger partial charge in [-0.2, -0.15) is 0 Å². The van der Waals surface area contributed by atoms with Crippen molar-refractivity contribution >= 4 is 39.1 Å². The Kier molecular flexibility index (Phi) is 11.4. The van der Waals surface area contributed by atoms with Crippen molar-refractivity contribution in [1.82, 2.24) is 10.2 Å². The number of ether oxygens (including phenoxy) is 1. The maximum atomic E-state index is 14.4. The van der Waals surface area contributed by atoms with Crippen molar-refractivity contribution in [2.45, 2.75) is 37.8 Å². The number of nitrogens with one attached hydrogen (secondary N) is 1. The third-order valence-corrected chi connectivity index (χ3v) is 8.97. The summed E-state index contributed by atoms with van der Waals surface area (Å²) in [4.78, 5) is 29.3. The molecule has 0 aliphatic rings. The zero-order valence-electron chi connectivity index (χ0n) is 24.7. The normalized spacial score (nSPS) is 11.8. The average Bonchev–Trinajstić information content (AvgIpc) is 3.03. The molecule has 0 aliphatic heterocycles. The summed E-state index contributed by atoms with van der Waals surface area (Å²) >= 11 is 6.04. The number of benzene rings is 4. The number of amides is 2. The minimum absolute atomic E-state index is 0.0252. The van der Waals surface area contributed by atoms with Gasteiger partial charge in [0.25, 0.3) is 10.0 Å². The van der Waals surface area contributed by atoms with E-state index in [0.29, 0.717) is 23.9 Å². The van der Waals surface area contributed by atoms with Gasteiger partial charge in [0.05, 0.1) is 17.2 Å². The number of carbonyl (C=O) groups excluding carboxylic acids is 2. The van der Waals surface area contributed by atoms with Crippen LogP contribution in [0.15, 0.2) is 114 Å². The van der Waals surface area contributed by atoms with E-state index >= 15 is 0 Å². The molecule has 2 amide bonds. The highest BCUT2D eigenvalue weighted by Crippen LogP contribution is 2.27. The Hall–Kier alpha value is -4.34. The van der Waals surface area contributed by atoms with Crippen LogP contribution in [0.2, 0.25) is 5.02 Å². The molecule has 0 heterocycles. The molecular formula is C34H36ClN3O5S. The van der Waals surface area contributed by atoms with Gasteiger partial charge in [-0.3, -0.25) is 13.9 Å². The summed E-state index contributed by atoms with van der Waals surface area (Å²) in [5.41, 5.74) is 1.94. The monoisotopic (exact) mass is 633 g/mol. The van der Waals surface area contributed by atoms with Gasteiger partial charge in [0.2, 0.25) is 11.8 Å². The lowest BCUT2D eigenvalue weighted by Crippen LogP contribution is -2.53. The minimum Gasteiger partial charge on any atom is -0.494 e. The van der Waals surface area contributed by atoms with Crippen molar-refractivity contribution in [3.63, 3.8) is 0 Å². The molecule has 0 radical (unpaired) electrons. The van der Waals surface area contributed by atoms with Crippen LogP contribution in [0, 0.1) is 0 Å². The fourth-order valence-corrected chi connectivity index (χ4v) is 6.30. The smallest absolute Gasteiger partial charge is 0.264 e. The molecule has 0 spiro atoms. The van der Waals surface area contributed by atoms with Crippen molar-refractivity contribution < 1.29 is 22.7 Å². The lowest BCUT2D eigenvalue weighted by molar-refractivity contribution is -0.140. The zero-order chi connectivity index (χ0) is 31.5. The molecule has 0 fully saturated rings. The minimum atomic E-state index is -4.23. The Bertz CT molecular complexity index is 1620. The summed E-state index contributed by atoms with van der Waals surface area (Å²) in [6.07, 6.45) is 0.248. The molecule has 1 atom stereocenters. The number of anilines is 1. The van der Waals surface area contributed by atoms with E-state index in [4.69, 9.17) is 16.3 Å². The van der Waals surface area contributed by atoms with Crippen LogP contribution in [0.4, 0.5) is 5.69 Å². The van der Waals surface area contributed by atoms with E-state index in [1.807, 2.05) is 74.5 Å². The average molecular weight is 634 g/mol. The fraction of sp³-hybridized carbons (Fsp3) is 0.235. The first-order chi connectivity index (χ1) is 21.2. The second-order valence-electron chi connectivity index (χ2n) is 10.00. The van der Waals surface area contributed by atoms with E-state index in [0.717, 1.165) is 15.4 Å². The molecule has 0 aliphatic carbocycles. The first kappa shape index (κ1) is 32.6. The van der Waals surface area contributed by atoms with E-state index in [1.54, 1.807) is 24.3 Å². The topological polar surface area (TPSA) is 96.0 Å². The summed E-state index contributed by atoms with van der Waals surface area (Å²) in [6.45, 7) is 4.05. The van der Waals surface area contributed by atoms with Crippen LogP contribution in [-0.2, 0) is 32.6 Å². The fourth-order valence-electron chi connectivity index (χ4n) is 4.76. The van der Waals surface area contributed by atoms with Crippen LogP contribution in [-0.4, -0.2) is 50.9 Å². The molecule has 0 saturated carbocycles. The molecule has 0 bridgehead atoms. The van der Waals surface area contributed by atoms with Gasteiger partial charge in [-0.1, -0.05) is 72.3 Å². The van der Waals surface area contributed by atoms with E-state index in [1.165, 1.54) is 29.2 Å². The summed E-state index contributed by atoms with van der Waals surface area (Å²) in [6, 6.07) is 30.1. The van der Waals surface area contributed by atoms with Crippen LogP contribution in [0.1, 0.15) is 25.0 Å². The van der Waals surface area contributed by atoms with Gasteiger partial charge in [0.15, 0.2) is 0 Å². The Morgan fingerprint density at radius 1 is 0.818 bits per heavy atom. The standard InChI is InChI=1S/C34H36ClN3O5S/c1-3-36-34(40)32(23-26-11-7-5-8-12-26)37(24-27-13-9-6-10-14-27)33(39)25-38(29-17-19-30(20-18-29)43-4-2)44(41,42)31-21-15-28(35)16-22-31/h5-22,32H,3-4,23-25H2,1-2H3,(H,36,40). The number of likely N-dealkylation sites (N-methyl/N-ethyl adjacent to an activating group) is 1. The van der Waals surface area contributed by atoms with Crippen LogP contribution in [0.3, 0.4) is 0 Å². The second-order valence-corrected chi connectivity index (χ2v) is 12.3. The maximum Gasteiger partial charge on any atom is 0.264 e. The zero-order valence-corrected chi connectivity index (χ0v) is 26.3. The van der Waals surface area contributed by atoms with Crippen LogP contribution in [0.5, 0.6) is 5.75 Å². The van der Waals surface area contributed by atoms with Gasteiger partial charge in [-0.25, -0.2) is 8.42 Å². The van der Waals surface area contributed by atoms with E-state index < -0.39 is 28.5 Å². The van der Waals surface area contributed by atoms with Crippen molar-refractivity contribution in [1.29, 1.82) is 0 Å². The van der Waals surface area contributed by atoms with Gasteiger partial charge in [-0.05, 0) is 73.5 Å². The molecule has 8 nitrogen and oxygen atoms in total.